The molecule has 0 heterocycles. The Morgan fingerprint density at radius 3 is 2.09 bits per heavy atom. The second kappa shape index (κ2) is 14.6. The van der Waals surface area contributed by atoms with Crippen LogP contribution in [0.25, 0.3) is 11.1 Å². The first-order valence-corrected chi connectivity index (χ1v) is 19.8. The molecule has 0 N–H and O–H groups in total. The van der Waals surface area contributed by atoms with Crippen molar-refractivity contribution in [2.45, 2.75) is 110 Å². The van der Waals surface area contributed by atoms with Gasteiger partial charge in [-0.05, 0) is 123 Å². The maximum atomic E-state index is 14.9. The Morgan fingerprint density at radius 1 is 0.864 bits per heavy atom. The molecule has 3 nitrogen and oxygen atoms in total. The van der Waals surface area contributed by atoms with Gasteiger partial charge in [0.25, 0.3) is 0 Å². The van der Waals surface area contributed by atoms with E-state index in [1.807, 2.05) is 12.1 Å². The van der Waals surface area contributed by atoms with Crippen molar-refractivity contribution in [3.63, 3.8) is 0 Å². The van der Waals surface area contributed by atoms with Gasteiger partial charge in [-0.25, -0.2) is 14.2 Å². The molecule has 1 saturated carbocycles. The van der Waals surface area contributed by atoms with Crippen LogP contribution < -0.4 is 0 Å². The van der Waals surface area contributed by atoms with Crippen LogP contribution in [0.4, 0.5) is 4.39 Å². The van der Waals surface area contributed by atoms with Crippen molar-refractivity contribution in [1.82, 2.24) is 0 Å². The first-order chi connectivity index (χ1) is 21.0. The molecule has 4 rings (SSSR count). The molecule has 0 atom stereocenters. The number of hydrogen-bond donors (Lipinski definition) is 0. The predicted octanol–water partition coefficient (Wildman–Crippen LogP) is 10.2. The van der Waals surface area contributed by atoms with E-state index in [1.165, 1.54) is 43.1 Å². The highest BCUT2D eigenvalue weighted by molar-refractivity contribution is 6.69. The number of aryl methyl sites for hydroxylation is 2. The fraction of sp³-hybridized carbons (Fsp3) is 0.487. The molecule has 3 aromatic carbocycles. The third kappa shape index (κ3) is 7.90. The van der Waals surface area contributed by atoms with E-state index in [4.69, 9.17) is 9.31 Å². The topological polar surface area (TPSA) is 27.7 Å². The molecule has 1 fully saturated rings. The van der Waals surface area contributed by atoms with E-state index >= 15 is 0 Å². The molecule has 0 amide bonds. The Balaban J connectivity index is 1.63. The molecule has 3 aromatic rings. The fourth-order valence-electron chi connectivity index (χ4n) is 6.92. The van der Waals surface area contributed by atoms with Crippen molar-refractivity contribution in [1.29, 1.82) is 0 Å². The largest absolute Gasteiger partial charge is 0.402 e. The first-order valence-electron chi connectivity index (χ1n) is 16.4. The van der Waals surface area contributed by atoms with Gasteiger partial charge < -0.3 is 4.43 Å². The highest BCUT2D eigenvalue weighted by Gasteiger charge is 2.36. The second-order valence-corrected chi connectivity index (χ2v) is 17.8. The minimum Gasteiger partial charge on any atom is -0.402 e. The van der Waals surface area contributed by atoms with Crippen LogP contribution >= 0.6 is 0 Å². The third-order valence-corrected chi connectivity index (χ3v) is 10.3. The molecule has 0 saturated heterocycles. The molecule has 1 aliphatic rings. The summed E-state index contributed by atoms with van der Waals surface area (Å²) >= 11 is 0. The van der Waals surface area contributed by atoms with E-state index in [-0.39, 0.29) is 16.8 Å². The Morgan fingerprint density at radius 2 is 1.52 bits per heavy atom. The van der Waals surface area contributed by atoms with E-state index in [2.05, 4.69) is 100 Å². The monoisotopic (exact) mass is 614 g/mol. The predicted molar refractivity (Wildman–Crippen MR) is 183 cm³/mol. The van der Waals surface area contributed by atoms with E-state index in [9.17, 15) is 4.39 Å². The Kier molecular flexibility index (Phi) is 11.3. The highest BCUT2D eigenvalue weighted by atomic mass is 28.4. The van der Waals surface area contributed by atoms with Crippen LogP contribution in [0.1, 0.15) is 92.2 Å². The molecular weight excluding hydrogens is 564 g/mol. The average Bonchev–Trinajstić information content (AvgIpc) is 2.98. The average molecular weight is 615 g/mol. The van der Waals surface area contributed by atoms with Gasteiger partial charge in [0.05, 0.1) is 13.7 Å². The summed E-state index contributed by atoms with van der Waals surface area (Å²) in [6, 6.07) is 19.0. The zero-order chi connectivity index (χ0) is 32.0. The summed E-state index contributed by atoms with van der Waals surface area (Å²) in [4.78, 5) is 9.56. The van der Waals surface area contributed by atoms with E-state index in [0.717, 1.165) is 47.9 Å². The van der Waals surface area contributed by atoms with Crippen molar-refractivity contribution >= 4 is 8.32 Å². The molecule has 0 bridgehead atoms. The molecular formula is C39H51FO3Si. The summed E-state index contributed by atoms with van der Waals surface area (Å²) in [6.45, 7) is 16.0. The smallest absolute Gasteiger partial charge is 0.185 e. The van der Waals surface area contributed by atoms with Crippen LogP contribution in [0.5, 0.6) is 0 Å². The van der Waals surface area contributed by atoms with Gasteiger partial charge in [0.1, 0.15) is 11.4 Å². The molecule has 0 radical (unpaired) electrons. The van der Waals surface area contributed by atoms with Crippen molar-refractivity contribution in [2.75, 3.05) is 13.7 Å². The molecule has 236 valence electrons. The lowest BCUT2D eigenvalue weighted by Gasteiger charge is -2.38. The molecule has 0 aromatic heterocycles. The van der Waals surface area contributed by atoms with Gasteiger partial charge in [-0.2, -0.15) is 0 Å². The van der Waals surface area contributed by atoms with Gasteiger partial charge in [0.2, 0.25) is 0 Å². The second-order valence-electron chi connectivity index (χ2n) is 13.4. The SMILES string of the molecule is CCC(CC)(c1ccc(C#CC2(O[Si](C)(C)C)CCCCC2)c(C)c1)c1ccc(-c2ccc(CCOOC)c(F)c2)c(C)c1. The molecule has 0 unspecified atom stereocenters. The van der Waals surface area contributed by atoms with E-state index in [0.29, 0.717) is 18.6 Å². The van der Waals surface area contributed by atoms with Gasteiger partial charge in [-0.3, -0.25) is 0 Å². The minimum atomic E-state index is -1.72. The van der Waals surface area contributed by atoms with Gasteiger partial charge in [-0.1, -0.05) is 74.6 Å². The molecule has 44 heavy (non-hydrogen) atoms. The summed E-state index contributed by atoms with van der Waals surface area (Å²) in [5, 5.41) is 0. The summed E-state index contributed by atoms with van der Waals surface area (Å²) < 4.78 is 21.6. The van der Waals surface area contributed by atoms with Crippen LogP contribution in [0.3, 0.4) is 0 Å². The lowest BCUT2D eigenvalue weighted by atomic mass is 9.69. The Hall–Kier alpha value is -2.75. The molecule has 5 heteroatoms. The van der Waals surface area contributed by atoms with Crippen molar-refractivity contribution in [3.05, 3.63) is 93.8 Å². The van der Waals surface area contributed by atoms with Gasteiger partial charge in [0, 0.05) is 17.4 Å². The van der Waals surface area contributed by atoms with Crippen LogP contribution in [-0.4, -0.2) is 27.6 Å². The molecule has 1 aliphatic carbocycles. The Bertz CT molecular complexity index is 1480. The third-order valence-electron chi connectivity index (χ3n) is 9.29. The normalized spacial score (nSPS) is 15.1. The van der Waals surface area contributed by atoms with Gasteiger partial charge in [0.15, 0.2) is 8.32 Å². The molecule has 0 aliphatic heterocycles. The highest BCUT2D eigenvalue weighted by Crippen LogP contribution is 2.41. The quantitative estimate of drug-likeness (QED) is 0.0707. The number of hydrogen-bond acceptors (Lipinski definition) is 3. The van der Waals surface area contributed by atoms with Crippen LogP contribution in [0.15, 0.2) is 54.6 Å². The van der Waals surface area contributed by atoms with Gasteiger partial charge >= 0.3 is 0 Å². The molecule has 0 spiro atoms. The summed E-state index contributed by atoms with van der Waals surface area (Å²) in [5.74, 6) is 6.98. The Labute approximate surface area is 266 Å². The van der Waals surface area contributed by atoms with Crippen LogP contribution in [-0.2, 0) is 26.0 Å². The number of benzene rings is 3. The zero-order valence-electron chi connectivity index (χ0n) is 28.2. The number of rotatable bonds is 11. The van der Waals surface area contributed by atoms with E-state index < -0.39 is 8.32 Å². The zero-order valence-corrected chi connectivity index (χ0v) is 29.2. The van der Waals surface area contributed by atoms with Crippen LogP contribution in [0.2, 0.25) is 19.6 Å². The van der Waals surface area contributed by atoms with Crippen LogP contribution in [0, 0.1) is 31.5 Å². The lowest BCUT2D eigenvalue weighted by molar-refractivity contribution is -0.271. The van der Waals surface area contributed by atoms with E-state index in [1.54, 1.807) is 6.07 Å². The lowest BCUT2D eigenvalue weighted by Crippen LogP contribution is -2.43. The van der Waals surface area contributed by atoms with Crippen molar-refractivity contribution in [3.8, 4) is 23.0 Å². The maximum absolute atomic E-state index is 14.9. The maximum Gasteiger partial charge on any atom is 0.185 e. The number of halogens is 1. The first kappa shape index (κ1) is 34.1. The summed E-state index contributed by atoms with van der Waals surface area (Å²) in [6.07, 6.45) is 8.14. The minimum absolute atomic E-state index is 0.123. The van der Waals surface area contributed by atoms with Gasteiger partial charge in [-0.15, -0.1) is 0 Å². The fourth-order valence-corrected chi connectivity index (χ4v) is 8.34. The van der Waals surface area contributed by atoms with Crippen molar-refractivity contribution in [2.24, 2.45) is 0 Å². The summed E-state index contributed by atoms with van der Waals surface area (Å²) in [7, 11) is -0.263. The standard InChI is InChI=1S/C39H51FO3Si/c1-9-39(10-2,35-18-19-36(30(4)27-35)33-15-14-32(37(40)28-33)21-25-42-41-5)34-17-16-31(29(3)26-34)20-24-38(43-44(6,7)8)22-12-11-13-23-38/h14-19,26-28H,9-13,21-23,25H2,1-8H3. The summed E-state index contributed by atoms with van der Waals surface area (Å²) in [5.41, 5.74) is 8.18. The van der Waals surface area contributed by atoms with Crippen molar-refractivity contribution < 1.29 is 18.6 Å².